The van der Waals surface area contributed by atoms with E-state index >= 15 is 0 Å². The molecule has 5 nitrogen and oxygen atoms in total. The first-order valence-corrected chi connectivity index (χ1v) is 5.55. The number of hydrazine groups is 1. The lowest BCUT2D eigenvalue weighted by molar-refractivity contribution is 0.116. The number of hydrogen-bond acceptors (Lipinski definition) is 6. The zero-order valence-electron chi connectivity index (χ0n) is 8.32. The molecular weight excluding hydrogens is 200 g/mol. The second-order valence-electron chi connectivity index (χ2n) is 2.90. The van der Waals surface area contributed by atoms with E-state index in [2.05, 4.69) is 22.5 Å². The lowest BCUT2D eigenvalue weighted by Gasteiger charge is -1.99. The fourth-order valence-corrected chi connectivity index (χ4v) is 1.57. The van der Waals surface area contributed by atoms with Gasteiger partial charge in [0.2, 0.25) is 5.13 Å². The summed E-state index contributed by atoms with van der Waals surface area (Å²) in [5.74, 6) is 5.17. The molecule has 1 rings (SSSR count). The van der Waals surface area contributed by atoms with Crippen molar-refractivity contribution in [3.05, 3.63) is 5.01 Å². The second kappa shape index (κ2) is 6.69. The molecule has 1 heterocycles. The number of hydrogen-bond donors (Lipinski definition) is 2. The summed E-state index contributed by atoms with van der Waals surface area (Å²) in [6.07, 6.45) is 3.53. The maximum atomic E-state index is 5.42. The van der Waals surface area contributed by atoms with E-state index < -0.39 is 0 Å². The monoisotopic (exact) mass is 216 g/mol. The van der Waals surface area contributed by atoms with Crippen LogP contribution in [-0.2, 0) is 11.3 Å². The number of aromatic nitrogens is 2. The van der Waals surface area contributed by atoms with Gasteiger partial charge in [-0.1, -0.05) is 31.1 Å². The standard InChI is InChI=1S/C8H16N4OS/c1-2-3-4-5-13-6-7-11-12-8(10-9)14-7/h2-6,9H2,1H3,(H,10,12). The average Bonchev–Trinajstić information content (AvgIpc) is 2.65. The van der Waals surface area contributed by atoms with Crippen molar-refractivity contribution >= 4 is 16.5 Å². The predicted molar refractivity (Wildman–Crippen MR) is 56.9 cm³/mol. The van der Waals surface area contributed by atoms with Crippen LogP contribution in [0.15, 0.2) is 0 Å². The van der Waals surface area contributed by atoms with Crippen LogP contribution in [0.4, 0.5) is 5.13 Å². The number of nitrogen functional groups attached to an aromatic ring is 1. The van der Waals surface area contributed by atoms with E-state index in [1.165, 1.54) is 24.2 Å². The Morgan fingerprint density at radius 1 is 1.43 bits per heavy atom. The Balaban J connectivity index is 2.12. The third-order valence-electron chi connectivity index (χ3n) is 1.71. The van der Waals surface area contributed by atoms with Gasteiger partial charge in [0.1, 0.15) is 11.6 Å². The first kappa shape index (κ1) is 11.4. The van der Waals surface area contributed by atoms with Gasteiger partial charge in [-0.15, -0.1) is 10.2 Å². The molecule has 0 aliphatic heterocycles. The molecule has 0 atom stereocenters. The molecule has 1 aromatic rings. The van der Waals surface area contributed by atoms with Crippen LogP contribution in [0.1, 0.15) is 31.2 Å². The van der Waals surface area contributed by atoms with E-state index in [0.29, 0.717) is 11.7 Å². The molecule has 14 heavy (non-hydrogen) atoms. The molecule has 6 heteroatoms. The maximum Gasteiger partial charge on any atom is 0.219 e. The molecule has 0 aromatic carbocycles. The van der Waals surface area contributed by atoms with Crippen LogP contribution in [0.5, 0.6) is 0 Å². The molecule has 0 amide bonds. The molecule has 0 saturated heterocycles. The summed E-state index contributed by atoms with van der Waals surface area (Å²) in [5.41, 5.74) is 2.45. The Kier molecular flexibility index (Phi) is 5.43. The number of anilines is 1. The summed E-state index contributed by atoms with van der Waals surface area (Å²) in [7, 11) is 0. The highest BCUT2D eigenvalue weighted by atomic mass is 32.1. The van der Waals surface area contributed by atoms with Crippen LogP contribution >= 0.6 is 11.3 Å². The molecule has 80 valence electrons. The molecule has 0 bridgehead atoms. The van der Waals surface area contributed by atoms with Crippen molar-refractivity contribution in [3.63, 3.8) is 0 Å². The largest absolute Gasteiger partial charge is 0.374 e. The fourth-order valence-electron chi connectivity index (χ4n) is 0.984. The molecule has 0 aliphatic rings. The second-order valence-corrected chi connectivity index (χ2v) is 3.97. The summed E-state index contributed by atoms with van der Waals surface area (Å²) in [4.78, 5) is 0. The SMILES string of the molecule is CCCCCOCc1nnc(NN)s1. The topological polar surface area (TPSA) is 73.1 Å². The number of nitrogens with zero attached hydrogens (tertiary/aromatic N) is 2. The minimum atomic E-state index is 0.531. The van der Waals surface area contributed by atoms with Crippen molar-refractivity contribution in [2.24, 2.45) is 5.84 Å². The van der Waals surface area contributed by atoms with Crippen LogP contribution in [0.3, 0.4) is 0 Å². The summed E-state index contributed by atoms with van der Waals surface area (Å²) >= 11 is 1.41. The zero-order chi connectivity index (χ0) is 10.2. The van der Waals surface area contributed by atoms with Crippen molar-refractivity contribution in [2.75, 3.05) is 12.0 Å². The Bertz CT molecular complexity index is 253. The molecule has 0 saturated carbocycles. The summed E-state index contributed by atoms with van der Waals surface area (Å²) < 4.78 is 5.42. The molecule has 0 radical (unpaired) electrons. The highest BCUT2D eigenvalue weighted by molar-refractivity contribution is 7.15. The number of rotatable bonds is 7. The average molecular weight is 216 g/mol. The van der Waals surface area contributed by atoms with Gasteiger partial charge in [0.25, 0.3) is 0 Å². The van der Waals surface area contributed by atoms with Gasteiger partial charge in [0.15, 0.2) is 0 Å². The van der Waals surface area contributed by atoms with Crippen molar-refractivity contribution in [1.82, 2.24) is 10.2 Å². The van der Waals surface area contributed by atoms with Gasteiger partial charge in [-0.2, -0.15) is 0 Å². The Labute approximate surface area is 87.6 Å². The van der Waals surface area contributed by atoms with E-state index in [9.17, 15) is 0 Å². The molecular formula is C8H16N4OS. The van der Waals surface area contributed by atoms with E-state index in [1.54, 1.807) is 0 Å². The highest BCUT2D eigenvalue weighted by Crippen LogP contribution is 2.14. The third kappa shape index (κ3) is 3.99. The lowest BCUT2D eigenvalue weighted by atomic mass is 10.3. The van der Waals surface area contributed by atoms with Crippen molar-refractivity contribution in [1.29, 1.82) is 0 Å². The summed E-state index contributed by atoms with van der Waals surface area (Å²) in [5, 5.41) is 9.19. The number of nitrogens with two attached hydrogens (primary N) is 1. The fraction of sp³-hybridized carbons (Fsp3) is 0.750. The van der Waals surface area contributed by atoms with Crippen molar-refractivity contribution in [3.8, 4) is 0 Å². The quantitative estimate of drug-likeness (QED) is 0.411. The van der Waals surface area contributed by atoms with Gasteiger partial charge in [0, 0.05) is 6.61 Å². The number of unbranched alkanes of at least 4 members (excludes halogenated alkanes) is 2. The molecule has 3 N–H and O–H groups in total. The van der Waals surface area contributed by atoms with Crippen LogP contribution in [0.25, 0.3) is 0 Å². The molecule has 0 aliphatic carbocycles. The van der Waals surface area contributed by atoms with Crippen LogP contribution in [0.2, 0.25) is 0 Å². The van der Waals surface area contributed by atoms with Crippen molar-refractivity contribution < 1.29 is 4.74 Å². The van der Waals surface area contributed by atoms with Gasteiger partial charge in [-0.3, -0.25) is 5.43 Å². The minimum absolute atomic E-state index is 0.531. The normalized spacial score (nSPS) is 10.4. The van der Waals surface area contributed by atoms with Crippen molar-refractivity contribution in [2.45, 2.75) is 32.8 Å². The summed E-state index contributed by atoms with van der Waals surface area (Å²) in [6.45, 7) is 3.49. The number of ether oxygens (including phenoxy) is 1. The van der Waals surface area contributed by atoms with E-state index in [4.69, 9.17) is 10.6 Å². The molecule has 0 fully saturated rings. The zero-order valence-corrected chi connectivity index (χ0v) is 9.14. The van der Waals surface area contributed by atoms with Gasteiger partial charge >= 0.3 is 0 Å². The van der Waals surface area contributed by atoms with Crippen LogP contribution in [-0.4, -0.2) is 16.8 Å². The van der Waals surface area contributed by atoms with Gasteiger partial charge < -0.3 is 4.74 Å². The van der Waals surface area contributed by atoms with E-state index in [-0.39, 0.29) is 0 Å². The lowest BCUT2D eigenvalue weighted by Crippen LogP contribution is -2.05. The van der Waals surface area contributed by atoms with Gasteiger partial charge in [0.05, 0.1) is 0 Å². The highest BCUT2D eigenvalue weighted by Gasteiger charge is 2.01. The van der Waals surface area contributed by atoms with Crippen LogP contribution < -0.4 is 11.3 Å². The van der Waals surface area contributed by atoms with Gasteiger partial charge in [-0.25, -0.2) is 5.84 Å². The van der Waals surface area contributed by atoms with E-state index in [1.807, 2.05) is 0 Å². The Morgan fingerprint density at radius 3 is 2.93 bits per heavy atom. The Hall–Kier alpha value is -0.720. The molecule has 1 aromatic heterocycles. The molecule has 0 spiro atoms. The first-order chi connectivity index (χ1) is 6.86. The summed E-state index contributed by atoms with van der Waals surface area (Å²) in [6, 6.07) is 0. The maximum absolute atomic E-state index is 5.42. The number of nitrogens with one attached hydrogen (secondary N) is 1. The minimum Gasteiger partial charge on any atom is -0.374 e. The first-order valence-electron chi connectivity index (χ1n) is 4.73. The predicted octanol–water partition coefficient (Wildman–Crippen LogP) is 1.53. The van der Waals surface area contributed by atoms with Gasteiger partial charge in [-0.05, 0) is 6.42 Å². The third-order valence-corrected chi connectivity index (χ3v) is 2.54. The molecule has 0 unspecified atom stereocenters. The Morgan fingerprint density at radius 2 is 2.29 bits per heavy atom. The smallest absolute Gasteiger partial charge is 0.219 e. The van der Waals surface area contributed by atoms with E-state index in [0.717, 1.165) is 18.0 Å². The van der Waals surface area contributed by atoms with Crippen LogP contribution in [0, 0.1) is 0 Å².